The average Bonchev–Trinajstić information content (AvgIpc) is 2.50. The van der Waals surface area contributed by atoms with E-state index in [1.165, 1.54) is 13.1 Å². The van der Waals surface area contributed by atoms with Gasteiger partial charge in [-0.3, -0.25) is 14.5 Å². The minimum absolute atomic E-state index is 0.294. The highest BCUT2D eigenvalue weighted by atomic mass is 127. The summed E-state index contributed by atoms with van der Waals surface area (Å²) in [5.41, 5.74) is 1.11. The van der Waals surface area contributed by atoms with Gasteiger partial charge in [-0.1, -0.05) is 0 Å². The second kappa shape index (κ2) is 4.25. The first-order valence-electron chi connectivity index (χ1n) is 4.64. The number of hydrogen-bond acceptors (Lipinski definition) is 3. The lowest BCUT2D eigenvalue weighted by Gasteiger charge is -2.08. The second-order valence-electron chi connectivity index (χ2n) is 3.39. The molecule has 0 spiro atoms. The van der Waals surface area contributed by atoms with Crippen molar-refractivity contribution in [3.8, 4) is 0 Å². The summed E-state index contributed by atoms with van der Waals surface area (Å²) in [4.78, 5) is 23.9. The zero-order valence-corrected chi connectivity index (χ0v) is 10.7. The number of anilines is 1. The predicted molar refractivity (Wildman–Crippen MR) is 68.6 cm³/mol. The van der Waals surface area contributed by atoms with Crippen LogP contribution in [-0.4, -0.2) is 23.8 Å². The van der Waals surface area contributed by atoms with E-state index in [-0.39, 0.29) is 11.8 Å². The fourth-order valence-electron chi connectivity index (χ4n) is 1.34. The highest BCUT2D eigenvalue weighted by molar-refractivity contribution is 14.1. The van der Waals surface area contributed by atoms with E-state index in [1.807, 2.05) is 24.3 Å². The Morgan fingerprint density at radius 2 is 1.81 bits per heavy atom. The Hall–Kier alpha value is -1.37. The first-order chi connectivity index (χ1) is 7.58. The summed E-state index contributed by atoms with van der Waals surface area (Å²) in [7, 11) is 1.46. The summed E-state index contributed by atoms with van der Waals surface area (Å²) >= 11 is 2.20. The third-order valence-corrected chi connectivity index (χ3v) is 2.98. The monoisotopic (exact) mass is 328 g/mol. The first-order valence-corrected chi connectivity index (χ1v) is 5.72. The van der Waals surface area contributed by atoms with E-state index in [9.17, 15) is 9.59 Å². The van der Waals surface area contributed by atoms with E-state index < -0.39 is 0 Å². The SMILES string of the molecule is CN1C(=O)C=C(Nc2ccc(I)cc2)C1=O. The Balaban J connectivity index is 2.17. The van der Waals surface area contributed by atoms with Crippen LogP contribution in [0.2, 0.25) is 0 Å². The molecular weight excluding hydrogens is 319 g/mol. The molecule has 0 fully saturated rings. The van der Waals surface area contributed by atoms with Gasteiger partial charge in [0.15, 0.2) is 0 Å². The van der Waals surface area contributed by atoms with Crippen LogP contribution in [0, 0.1) is 3.57 Å². The molecule has 0 aliphatic carbocycles. The fourth-order valence-corrected chi connectivity index (χ4v) is 1.70. The molecular formula is C11H9IN2O2. The maximum absolute atomic E-state index is 11.6. The van der Waals surface area contributed by atoms with Crippen molar-refractivity contribution in [2.45, 2.75) is 0 Å². The molecule has 4 nitrogen and oxygen atoms in total. The molecule has 5 heteroatoms. The van der Waals surface area contributed by atoms with Crippen LogP contribution in [0.25, 0.3) is 0 Å². The van der Waals surface area contributed by atoms with Crippen molar-refractivity contribution in [2.24, 2.45) is 0 Å². The van der Waals surface area contributed by atoms with E-state index >= 15 is 0 Å². The number of imide groups is 1. The maximum atomic E-state index is 11.6. The number of benzene rings is 1. The second-order valence-corrected chi connectivity index (χ2v) is 4.64. The van der Waals surface area contributed by atoms with Gasteiger partial charge in [0.1, 0.15) is 5.70 Å². The van der Waals surface area contributed by atoms with Crippen LogP contribution < -0.4 is 5.32 Å². The van der Waals surface area contributed by atoms with Gasteiger partial charge in [-0.15, -0.1) is 0 Å². The number of amides is 2. The molecule has 1 aromatic rings. The summed E-state index contributed by atoms with van der Waals surface area (Å²) in [6, 6.07) is 7.57. The van der Waals surface area contributed by atoms with Crippen LogP contribution in [0.4, 0.5) is 5.69 Å². The Labute approximate surface area is 106 Å². The number of carbonyl (C=O) groups is 2. The summed E-state index contributed by atoms with van der Waals surface area (Å²) in [6.45, 7) is 0. The van der Waals surface area contributed by atoms with Gasteiger partial charge >= 0.3 is 0 Å². The third kappa shape index (κ3) is 2.08. The summed E-state index contributed by atoms with van der Waals surface area (Å²) < 4.78 is 1.11. The van der Waals surface area contributed by atoms with Gasteiger partial charge in [0.25, 0.3) is 11.8 Å². The quantitative estimate of drug-likeness (QED) is 0.663. The minimum Gasteiger partial charge on any atom is -0.351 e. The number of likely N-dealkylation sites (N-methyl/N-ethyl adjacent to an activating group) is 1. The lowest BCUT2D eigenvalue weighted by molar-refractivity contribution is -0.135. The number of carbonyl (C=O) groups excluding carboxylic acids is 2. The number of halogens is 1. The molecule has 82 valence electrons. The van der Waals surface area contributed by atoms with Crippen molar-refractivity contribution in [3.63, 3.8) is 0 Å². The van der Waals surface area contributed by atoms with E-state index in [0.29, 0.717) is 5.70 Å². The van der Waals surface area contributed by atoms with Crippen LogP contribution in [0.15, 0.2) is 36.0 Å². The summed E-state index contributed by atoms with van der Waals surface area (Å²) in [5, 5.41) is 2.92. The Morgan fingerprint density at radius 3 is 2.31 bits per heavy atom. The van der Waals surface area contributed by atoms with Crippen molar-refractivity contribution in [2.75, 3.05) is 12.4 Å². The maximum Gasteiger partial charge on any atom is 0.277 e. The Kier molecular flexibility index (Phi) is 2.95. The molecule has 0 aromatic heterocycles. The van der Waals surface area contributed by atoms with Crippen LogP contribution in [0.5, 0.6) is 0 Å². The van der Waals surface area contributed by atoms with Crippen molar-refractivity contribution in [3.05, 3.63) is 39.6 Å². The van der Waals surface area contributed by atoms with Crippen molar-refractivity contribution >= 4 is 40.1 Å². The molecule has 2 rings (SSSR count). The zero-order valence-electron chi connectivity index (χ0n) is 8.53. The van der Waals surface area contributed by atoms with Crippen molar-refractivity contribution in [1.29, 1.82) is 0 Å². The highest BCUT2D eigenvalue weighted by Crippen LogP contribution is 2.17. The topological polar surface area (TPSA) is 49.4 Å². The lowest BCUT2D eigenvalue weighted by Crippen LogP contribution is -2.27. The van der Waals surface area contributed by atoms with E-state index in [4.69, 9.17) is 0 Å². The Bertz CT molecular complexity index is 479. The smallest absolute Gasteiger partial charge is 0.277 e. The van der Waals surface area contributed by atoms with Crippen LogP contribution in [-0.2, 0) is 9.59 Å². The average molecular weight is 328 g/mol. The van der Waals surface area contributed by atoms with E-state index in [2.05, 4.69) is 27.9 Å². The number of nitrogens with one attached hydrogen (secondary N) is 1. The van der Waals surface area contributed by atoms with Gasteiger partial charge in [-0.05, 0) is 46.9 Å². The third-order valence-electron chi connectivity index (χ3n) is 2.26. The molecule has 0 bridgehead atoms. The van der Waals surface area contributed by atoms with Gasteiger partial charge in [0, 0.05) is 22.4 Å². The van der Waals surface area contributed by atoms with Crippen molar-refractivity contribution in [1.82, 2.24) is 4.90 Å². The Morgan fingerprint density at radius 1 is 1.19 bits per heavy atom. The molecule has 0 unspecified atom stereocenters. The number of rotatable bonds is 2. The van der Waals surface area contributed by atoms with Crippen LogP contribution in [0.1, 0.15) is 0 Å². The largest absolute Gasteiger partial charge is 0.351 e. The first kappa shape index (κ1) is 11.1. The van der Waals surface area contributed by atoms with Gasteiger partial charge in [0.05, 0.1) is 0 Å². The molecule has 0 radical (unpaired) electrons. The van der Waals surface area contributed by atoms with Gasteiger partial charge in [-0.25, -0.2) is 0 Å². The molecule has 1 aliphatic heterocycles. The molecule has 16 heavy (non-hydrogen) atoms. The van der Waals surface area contributed by atoms with E-state index in [1.54, 1.807) is 0 Å². The van der Waals surface area contributed by atoms with Crippen LogP contribution >= 0.6 is 22.6 Å². The lowest BCUT2D eigenvalue weighted by atomic mass is 10.3. The molecule has 0 atom stereocenters. The van der Waals surface area contributed by atoms with Crippen molar-refractivity contribution < 1.29 is 9.59 Å². The molecule has 0 saturated heterocycles. The molecule has 0 saturated carbocycles. The van der Waals surface area contributed by atoms with Gasteiger partial charge < -0.3 is 5.32 Å². The molecule has 1 N–H and O–H groups in total. The normalized spacial score (nSPS) is 15.4. The standard InChI is InChI=1S/C11H9IN2O2/c1-14-10(15)6-9(11(14)16)13-8-4-2-7(12)3-5-8/h2-6,13H,1H3. The highest BCUT2D eigenvalue weighted by Gasteiger charge is 2.27. The molecule has 2 amide bonds. The zero-order chi connectivity index (χ0) is 11.7. The van der Waals surface area contributed by atoms with Gasteiger partial charge in [-0.2, -0.15) is 0 Å². The molecule has 1 aliphatic rings. The number of hydrogen-bond donors (Lipinski definition) is 1. The minimum atomic E-state index is -0.302. The summed E-state index contributed by atoms with van der Waals surface area (Å²) in [5.74, 6) is -0.596. The fraction of sp³-hybridized carbons (Fsp3) is 0.0909. The van der Waals surface area contributed by atoms with Crippen LogP contribution in [0.3, 0.4) is 0 Å². The summed E-state index contributed by atoms with van der Waals surface area (Å²) in [6.07, 6.45) is 1.31. The van der Waals surface area contributed by atoms with E-state index in [0.717, 1.165) is 14.2 Å². The number of nitrogens with zero attached hydrogens (tertiary/aromatic N) is 1. The molecule has 1 aromatic carbocycles. The predicted octanol–water partition coefficient (Wildman–Crippen LogP) is 1.59. The molecule has 1 heterocycles. The van der Waals surface area contributed by atoms with Gasteiger partial charge in [0.2, 0.25) is 0 Å².